The summed E-state index contributed by atoms with van der Waals surface area (Å²) in [6.45, 7) is 15.6. The number of hydrogen-bond donors (Lipinski definition) is 4. The van der Waals surface area contributed by atoms with Crippen molar-refractivity contribution < 1.29 is 32.4 Å². The maximum Gasteiger partial charge on any atom is 0.315 e. The number of unbranched alkanes of at least 4 members (excludes halogenated alkanes) is 1. The van der Waals surface area contributed by atoms with Gasteiger partial charge in [0, 0.05) is 13.1 Å². The number of amides is 5. The Bertz CT molecular complexity index is 1380. The Morgan fingerprint density at radius 2 is 1.69 bits per heavy atom. The van der Waals surface area contributed by atoms with Crippen LogP contribution in [0.2, 0.25) is 0 Å². The van der Waals surface area contributed by atoms with Gasteiger partial charge in [0.25, 0.3) is 5.91 Å². The molecule has 270 valence electrons. The van der Waals surface area contributed by atoms with Crippen LogP contribution in [-0.4, -0.2) is 90.6 Å². The molecule has 0 spiro atoms. The van der Waals surface area contributed by atoms with Crippen molar-refractivity contribution in [2.24, 2.45) is 22.7 Å². The highest BCUT2D eigenvalue weighted by atomic mass is 32.2. The summed E-state index contributed by atoms with van der Waals surface area (Å²) in [6.07, 6.45) is 7.93. The molecule has 2 aliphatic carbocycles. The van der Waals surface area contributed by atoms with Gasteiger partial charge in [0.2, 0.25) is 17.6 Å². The lowest BCUT2D eigenvalue weighted by atomic mass is 9.78. The van der Waals surface area contributed by atoms with Crippen molar-refractivity contribution in [3.63, 3.8) is 0 Å². The minimum atomic E-state index is -3.35. The van der Waals surface area contributed by atoms with Crippen molar-refractivity contribution in [1.82, 2.24) is 26.2 Å². The van der Waals surface area contributed by atoms with Crippen LogP contribution in [0.1, 0.15) is 106 Å². The van der Waals surface area contributed by atoms with E-state index in [0.29, 0.717) is 38.6 Å². The number of nitrogens with one attached hydrogen (secondary N) is 4. The molecule has 1 unspecified atom stereocenters. The average Bonchev–Trinajstić information content (AvgIpc) is 3.33. The topological polar surface area (TPSA) is 171 Å². The van der Waals surface area contributed by atoms with Gasteiger partial charge in [-0.05, 0) is 54.8 Å². The normalized spacial score (nSPS) is 27.9. The quantitative estimate of drug-likeness (QED) is 0.170. The number of sulfone groups is 1. The first-order chi connectivity index (χ1) is 22.4. The molecule has 0 bridgehead atoms. The van der Waals surface area contributed by atoms with Crippen LogP contribution in [0.15, 0.2) is 12.7 Å². The van der Waals surface area contributed by atoms with Gasteiger partial charge in [-0.1, -0.05) is 79.7 Å². The van der Waals surface area contributed by atoms with E-state index < -0.39 is 73.7 Å². The van der Waals surface area contributed by atoms with E-state index in [1.54, 1.807) is 0 Å². The summed E-state index contributed by atoms with van der Waals surface area (Å²) < 4.78 is 26.1. The molecule has 4 N–H and O–H groups in total. The number of hydrogen-bond acceptors (Lipinski definition) is 7. The molecule has 2 heterocycles. The summed E-state index contributed by atoms with van der Waals surface area (Å²) in [6, 6.07) is -3.53. The molecule has 2 saturated carbocycles. The molecule has 4 fully saturated rings. The highest BCUT2D eigenvalue weighted by Gasteiger charge is 2.70. The first-order valence-corrected chi connectivity index (χ1v) is 19.5. The Balaban J connectivity index is 1.55. The number of rotatable bonds is 13. The van der Waals surface area contributed by atoms with Crippen molar-refractivity contribution in [2.75, 3.05) is 18.8 Å². The second kappa shape index (κ2) is 14.5. The maximum atomic E-state index is 14.4. The molecule has 0 aromatic rings. The number of fused-ring (bicyclic) bond motifs is 1. The molecule has 0 aromatic carbocycles. The van der Waals surface area contributed by atoms with E-state index in [9.17, 15) is 32.4 Å². The van der Waals surface area contributed by atoms with Crippen LogP contribution in [0.3, 0.4) is 0 Å². The zero-order chi connectivity index (χ0) is 35.7. The molecule has 0 radical (unpaired) electrons. The molecule has 0 aromatic heterocycles. The predicted molar refractivity (Wildman–Crippen MR) is 183 cm³/mol. The number of piperidine rings is 1. The summed E-state index contributed by atoms with van der Waals surface area (Å²) in [5.74, 6) is -2.41. The first kappa shape index (κ1) is 37.9. The van der Waals surface area contributed by atoms with Gasteiger partial charge in [0.05, 0.1) is 22.6 Å². The predicted octanol–water partition coefficient (Wildman–Crippen LogP) is 3.01. The van der Waals surface area contributed by atoms with Crippen molar-refractivity contribution in [3.8, 4) is 0 Å². The first-order valence-electron chi connectivity index (χ1n) is 17.8. The molecular formula is C35H57N5O7S. The van der Waals surface area contributed by atoms with Crippen LogP contribution in [-0.2, 0) is 29.0 Å². The fraction of sp³-hybridized carbons (Fsp3) is 0.800. The second-order valence-corrected chi connectivity index (χ2v) is 18.4. The average molecular weight is 692 g/mol. The smallest absolute Gasteiger partial charge is 0.315 e. The molecule has 6 atom stereocenters. The zero-order valence-corrected chi connectivity index (χ0v) is 30.5. The summed E-state index contributed by atoms with van der Waals surface area (Å²) in [7, 11) is -3.35. The van der Waals surface area contributed by atoms with Crippen LogP contribution in [0, 0.1) is 22.7 Å². The third kappa shape index (κ3) is 7.75. The fourth-order valence-electron chi connectivity index (χ4n) is 8.49. The zero-order valence-electron chi connectivity index (χ0n) is 29.7. The number of Topliss-reactive ketones (excluding diaryl/α,β-unsaturated/α-hetero) is 1. The van der Waals surface area contributed by atoms with Crippen LogP contribution in [0.25, 0.3) is 0 Å². The minimum absolute atomic E-state index is 0.0606. The van der Waals surface area contributed by atoms with E-state index in [2.05, 4.69) is 41.7 Å². The van der Waals surface area contributed by atoms with Gasteiger partial charge in [-0.2, -0.15) is 0 Å². The Morgan fingerprint density at radius 3 is 2.25 bits per heavy atom. The monoisotopic (exact) mass is 691 g/mol. The van der Waals surface area contributed by atoms with Gasteiger partial charge in [0.15, 0.2) is 9.84 Å². The van der Waals surface area contributed by atoms with Crippen LogP contribution in [0.5, 0.6) is 0 Å². The fourth-order valence-corrected chi connectivity index (χ4v) is 10.8. The Hall–Kier alpha value is -2.96. The third-order valence-corrected chi connectivity index (χ3v) is 13.7. The molecule has 13 heteroatoms. The van der Waals surface area contributed by atoms with Crippen molar-refractivity contribution >= 4 is 39.4 Å². The second-order valence-electron chi connectivity index (χ2n) is 16.1. The number of urea groups is 1. The van der Waals surface area contributed by atoms with Gasteiger partial charge in [-0.3, -0.25) is 19.2 Å². The number of nitrogens with zero attached hydrogens (tertiary/aromatic N) is 1. The minimum Gasteiger partial charge on any atom is -0.346 e. The number of carbonyl (C=O) groups excluding carboxylic acids is 5. The van der Waals surface area contributed by atoms with Gasteiger partial charge in [-0.15, -0.1) is 6.58 Å². The standard InChI is InChI=1S/C35H57N5O7S/c1-8-10-15-23(27(41)30(43)36-19-9-2)37-29(42)26-25-22(34(25,6)7)21-40(26)31(44)28(33(3,4)5)38-32(45)39-35(17-12-11-13-18-35)24-16-14-20-48(24,46)47/h9,22-26,28H,2,8,10-21H2,1,3-7H3,(H,36,43)(H,37,42)(H2,38,39,45)/t22-,23-,24+,25-,26?,28+/m0/s1. The van der Waals surface area contributed by atoms with Gasteiger partial charge >= 0.3 is 6.03 Å². The molecule has 2 saturated heterocycles. The van der Waals surface area contributed by atoms with Crippen LogP contribution < -0.4 is 21.3 Å². The Labute approximate surface area is 286 Å². The Kier molecular flexibility index (Phi) is 11.4. The summed E-state index contributed by atoms with van der Waals surface area (Å²) >= 11 is 0. The SMILES string of the molecule is C=CCNC(=O)C(=O)[C@H](CCCC)NC(=O)C1[C@@H]2[C@H](CN1C(=O)[C@@H](NC(=O)NC1([C@H]3CCCS3(=O)=O)CCCCC1)C(C)(C)C)C2(C)C. The van der Waals surface area contributed by atoms with Gasteiger partial charge in [0.1, 0.15) is 12.1 Å². The lowest BCUT2D eigenvalue weighted by molar-refractivity contribution is -0.145. The lowest BCUT2D eigenvalue weighted by Gasteiger charge is -2.43. The molecule has 4 aliphatic rings. The maximum absolute atomic E-state index is 14.4. The van der Waals surface area contributed by atoms with E-state index in [-0.39, 0.29) is 36.0 Å². The number of carbonyl (C=O) groups is 5. The van der Waals surface area contributed by atoms with Crippen LogP contribution in [0.4, 0.5) is 4.79 Å². The highest BCUT2D eigenvalue weighted by molar-refractivity contribution is 7.92. The van der Waals surface area contributed by atoms with E-state index >= 15 is 0 Å². The van der Waals surface area contributed by atoms with Gasteiger partial charge in [-0.25, -0.2) is 13.2 Å². The Morgan fingerprint density at radius 1 is 1.02 bits per heavy atom. The van der Waals surface area contributed by atoms with Crippen molar-refractivity contribution in [3.05, 3.63) is 12.7 Å². The van der Waals surface area contributed by atoms with E-state index in [4.69, 9.17) is 0 Å². The molecule has 12 nitrogen and oxygen atoms in total. The van der Waals surface area contributed by atoms with E-state index in [1.165, 1.54) is 11.0 Å². The number of likely N-dealkylation sites (tertiary alicyclic amines) is 1. The third-order valence-electron chi connectivity index (χ3n) is 11.3. The highest BCUT2D eigenvalue weighted by Crippen LogP contribution is 2.65. The van der Waals surface area contributed by atoms with Crippen LogP contribution >= 0.6 is 0 Å². The summed E-state index contributed by atoms with van der Waals surface area (Å²) in [4.78, 5) is 69.4. The molecular weight excluding hydrogens is 634 g/mol. The molecule has 2 aliphatic heterocycles. The summed E-state index contributed by atoms with van der Waals surface area (Å²) in [5.41, 5.74) is -1.84. The van der Waals surface area contributed by atoms with Crippen molar-refractivity contribution in [2.45, 2.75) is 135 Å². The molecule has 4 rings (SSSR count). The molecule has 5 amide bonds. The van der Waals surface area contributed by atoms with E-state index in [1.807, 2.05) is 27.7 Å². The van der Waals surface area contributed by atoms with Gasteiger partial charge < -0.3 is 26.2 Å². The van der Waals surface area contributed by atoms with E-state index in [0.717, 1.165) is 25.7 Å². The van der Waals surface area contributed by atoms with Crippen molar-refractivity contribution in [1.29, 1.82) is 0 Å². The molecule has 48 heavy (non-hydrogen) atoms. The summed E-state index contributed by atoms with van der Waals surface area (Å²) in [5, 5.41) is 10.6. The largest absolute Gasteiger partial charge is 0.346 e. The lowest BCUT2D eigenvalue weighted by Crippen LogP contribution is -2.65. The number of ketones is 1.